The summed E-state index contributed by atoms with van der Waals surface area (Å²) in [5.74, 6) is 0.602. The number of hydrogen-bond donors (Lipinski definition) is 0. The van der Waals surface area contributed by atoms with Crippen molar-refractivity contribution in [2.45, 2.75) is 18.8 Å². The number of rotatable bonds is 2. The fourth-order valence-corrected chi connectivity index (χ4v) is 3.12. The molecule has 1 unspecified atom stereocenters. The zero-order valence-corrected chi connectivity index (χ0v) is 11.3. The van der Waals surface area contributed by atoms with Crippen LogP contribution in [0, 0.1) is 25.2 Å². The van der Waals surface area contributed by atoms with E-state index in [0.29, 0.717) is 5.92 Å². The summed E-state index contributed by atoms with van der Waals surface area (Å²) in [4.78, 5) is 0. The minimum atomic E-state index is 0.0245. The van der Waals surface area contributed by atoms with E-state index in [-0.39, 0.29) is 5.41 Å². The molecule has 0 heteroatoms. The van der Waals surface area contributed by atoms with E-state index < -0.39 is 0 Å². The van der Waals surface area contributed by atoms with Gasteiger partial charge in [-0.3, -0.25) is 0 Å². The Kier molecular flexibility index (Phi) is 3.42. The van der Waals surface area contributed by atoms with Crippen LogP contribution < -0.4 is 0 Å². The molecule has 0 aromatic heterocycles. The van der Waals surface area contributed by atoms with Crippen LogP contribution >= 0.6 is 0 Å². The highest BCUT2D eigenvalue weighted by atomic mass is 14.4. The minimum Gasteiger partial charge on any atom is -0.0622 e. The van der Waals surface area contributed by atoms with Crippen molar-refractivity contribution in [3.8, 4) is 0 Å². The van der Waals surface area contributed by atoms with E-state index in [0.717, 1.165) is 6.42 Å². The Balaban J connectivity index is 2.11. The Morgan fingerprint density at radius 1 is 0.842 bits per heavy atom. The fourth-order valence-electron chi connectivity index (χ4n) is 3.12. The highest BCUT2D eigenvalue weighted by molar-refractivity contribution is 5.46. The van der Waals surface area contributed by atoms with Crippen molar-refractivity contribution < 1.29 is 0 Å². The number of hydrogen-bond acceptors (Lipinski definition) is 0. The van der Waals surface area contributed by atoms with Gasteiger partial charge < -0.3 is 0 Å². The smallest absolute Gasteiger partial charge is 0.0239 e. The zero-order chi connectivity index (χ0) is 13.1. The SMILES string of the molecule is CC1[CH][CH][CH]C(c2ccccc2)(c2ccccc2)C1. The third kappa shape index (κ3) is 2.32. The Morgan fingerprint density at radius 3 is 1.84 bits per heavy atom. The first-order valence-corrected chi connectivity index (χ1v) is 6.95. The monoisotopic (exact) mass is 247 g/mol. The van der Waals surface area contributed by atoms with Crippen LogP contribution in [0.2, 0.25) is 0 Å². The maximum absolute atomic E-state index is 2.36. The lowest BCUT2D eigenvalue weighted by Gasteiger charge is -2.40. The van der Waals surface area contributed by atoms with Crippen LogP contribution in [0.5, 0.6) is 0 Å². The Morgan fingerprint density at radius 2 is 1.37 bits per heavy atom. The van der Waals surface area contributed by atoms with Gasteiger partial charge in [0.2, 0.25) is 0 Å². The van der Waals surface area contributed by atoms with Gasteiger partial charge in [-0.1, -0.05) is 67.6 Å². The fraction of sp³-hybridized carbons (Fsp3) is 0.211. The molecule has 2 aromatic carbocycles. The second-order valence-corrected chi connectivity index (χ2v) is 5.44. The van der Waals surface area contributed by atoms with Gasteiger partial charge in [0.05, 0.1) is 0 Å². The molecule has 1 fully saturated rings. The van der Waals surface area contributed by atoms with Crippen molar-refractivity contribution in [2.24, 2.45) is 5.92 Å². The van der Waals surface area contributed by atoms with Gasteiger partial charge in [-0.15, -0.1) is 0 Å². The summed E-state index contributed by atoms with van der Waals surface area (Å²) in [6.45, 7) is 2.30. The molecule has 0 heterocycles. The van der Waals surface area contributed by atoms with Crippen molar-refractivity contribution in [3.63, 3.8) is 0 Å². The highest BCUT2D eigenvalue weighted by Gasteiger charge is 2.38. The van der Waals surface area contributed by atoms with E-state index in [2.05, 4.69) is 86.8 Å². The molecule has 1 saturated carbocycles. The van der Waals surface area contributed by atoms with Crippen LogP contribution in [0.4, 0.5) is 0 Å². The van der Waals surface area contributed by atoms with E-state index in [1.165, 1.54) is 11.1 Å². The Bertz CT molecular complexity index is 473. The Labute approximate surface area is 116 Å². The molecule has 1 aliphatic carbocycles. The number of benzene rings is 2. The second kappa shape index (κ2) is 5.21. The normalized spacial score (nSPS) is 22.1. The van der Waals surface area contributed by atoms with Crippen LogP contribution in [0.15, 0.2) is 60.7 Å². The quantitative estimate of drug-likeness (QED) is 0.726. The third-order valence-corrected chi connectivity index (χ3v) is 4.04. The molecule has 3 radical (unpaired) electrons. The molecule has 0 aliphatic heterocycles. The van der Waals surface area contributed by atoms with Gasteiger partial charge in [0.1, 0.15) is 0 Å². The van der Waals surface area contributed by atoms with E-state index >= 15 is 0 Å². The second-order valence-electron chi connectivity index (χ2n) is 5.44. The van der Waals surface area contributed by atoms with Crippen LogP contribution in [0.25, 0.3) is 0 Å². The van der Waals surface area contributed by atoms with Crippen molar-refractivity contribution in [3.05, 3.63) is 91.1 Å². The first kappa shape index (κ1) is 12.5. The molecule has 19 heavy (non-hydrogen) atoms. The Hall–Kier alpha value is -1.56. The molecule has 1 aliphatic rings. The molecule has 3 rings (SSSR count). The van der Waals surface area contributed by atoms with Gasteiger partial charge in [-0.05, 0) is 42.7 Å². The molecular weight excluding hydrogens is 228 g/mol. The van der Waals surface area contributed by atoms with Crippen LogP contribution in [0.3, 0.4) is 0 Å². The standard InChI is InChI=1S/C19H19/c1-16-9-8-14-19(15-16,17-10-4-2-5-11-17)18-12-6-3-7-13-18/h2-14,16H,15H2,1H3. The topological polar surface area (TPSA) is 0 Å². The van der Waals surface area contributed by atoms with E-state index in [1.54, 1.807) is 0 Å². The summed E-state index contributed by atoms with van der Waals surface area (Å²) in [6.07, 6.45) is 8.02. The first-order valence-electron chi connectivity index (χ1n) is 6.95. The molecule has 0 N–H and O–H groups in total. The lowest BCUT2D eigenvalue weighted by Crippen LogP contribution is -2.34. The molecule has 2 aromatic rings. The molecule has 0 spiro atoms. The van der Waals surface area contributed by atoms with Gasteiger partial charge >= 0.3 is 0 Å². The third-order valence-electron chi connectivity index (χ3n) is 4.04. The highest BCUT2D eigenvalue weighted by Crippen LogP contribution is 2.45. The van der Waals surface area contributed by atoms with Gasteiger partial charge in [-0.2, -0.15) is 0 Å². The lowest BCUT2D eigenvalue weighted by molar-refractivity contribution is 0.431. The molecule has 0 saturated heterocycles. The molecule has 0 nitrogen and oxygen atoms in total. The van der Waals surface area contributed by atoms with E-state index in [1.807, 2.05) is 0 Å². The zero-order valence-electron chi connectivity index (χ0n) is 11.3. The van der Waals surface area contributed by atoms with Crippen molar-refractivity contribution in [1.82, 2.24) is 0 Å². The minimum absolute atomic E-state index is 0.0245. The van der Waals surface area contributed by atoms with Crippen molar-refractivity contribution >= 4 is 0 Å². The van der Waals surface area contributed by atoms with Gasteiger partial charge in [0.15, 0.2) is 0 Å². The summed E-state index contributed by atoms with van der Waals surface area (Å²) >= 11 is 0. The largest absolute Gasteiger partial charge is 0.0622 e. The average Bonchev–Trinajstić information content (AvgIpc) is 2.49. The molecule has 1 atom stereocenters. The molecule has 0 bridgehead atoms. The lowest BCUT2D eigenvalue weighted by atomic mass is 9.63. The predicted molar refractivity (Wildman–Crippen MR) is 80.3 cm³/mol. The maximum Gasteiger partial charge on any atom is 0.0239 e. The van der Waals surface area contributed by atoms with Crippen LogP contribution in [0.1, 0.15) is 24.5 Å². The van der Waals surface area contributed by atoms with Crippen LogP contribution in [-0.2, 0) is 5.41 Å². The average molecular weight is 247 g/mol. The summed E-state index contributed by atoms with van der Waals surface area (Å²) in [6, 6.07) is 21.7. The maximum atomic E-state index is 2.36. The first-order chi connectivity index (χ1) is 9.31. The summed E-state index contributed by atoms with van der Waals surface area (Å²) in [5.41, 5.74) is 2.80. The summed E-state index contributed by atoms with van der Waals surface area (Å²) in [7, 11) is 0. The van der Waals surface area contributed by atoms with Crippen molar-refractivity contribution in [2.75, 3.05) is 0 Å². The van der Waals surface area contributed by atoms with E-state index in [9.17, 15) is 0 Å². The van der Waals surface area contributed by atoms with E-state index in [4.69, 9.17) is 0 Å². The van der Waals surface area contributed by atoms with Gasteiger partial charge in [-0.25, -0.2) is 0 Å². The van der Waals surface area contributed by atoms with Crippen LogP contribution in [-0.4, -0.2) is 0 Å². The van der Waals surface area contributed by atoms with Crippen molar-refractivity contribution in [1.29, 1.82) is 0 Å². The van der Waals surface area contributed by atoms with Gasteiger partial charge in [0.25, 0.3) is 0 Å². The summed E-state index contributed by atoms with van der Waals surface area (Å²) in [5, 5.41) is 0. The van der Waals surface area contributed by atoms with Gasteiger partial charge in [0, 0.05) is 5.41 Å². The molecule has 95 valence electrons. The molecular formula is C19H19. The predicted octanol–water partition coefficient (Wildman–Crippen LogP) is 4.63. The molecule has 0 amide bonds. The summed E-state index contributed by atoms with van der Waals surface area (Å²) < 4.78 is 0.